The van der Waals surface area contributed by atoms with Gasteiger partial charge < -0.3 is 15.8 Å². The maximum Gasteiger partial charge on any atom is 0.258 e. The Morgan fingerprint density at radius 2 is 2.18 bits per heavy atom. The highest BCUT2D eigenvalue weighted by molar-refractivity contribution is 5.84. The van der Waals surface area contributed by atoms with Crippen LogP contribution in [0.2, 0.25) is 0 Å². The van der Waals surface area contributed by atoms with Crippen molar-refractivity contribution in [1.82, 2.24) is 5.32 Å². The zero-order valence-electron chi connectivity index (χ0n) is 9.73. The highest BCUT2D eigenvalue weighted by atomic mass is 16.5. The fraction of sp³-hybridized carbons (Fsp3) is 0.333. The summed E-state index contributed by atoms with van der Waals surface area (Å²) < 4.78 is 5.28. The van der Waals surface area contributed by atoms with Crippen LogP contribution in [0.4, 0.5) is 0 Å². The summed E-state index contributed by atoms with van der Waals surface area (Å²) in [5, 5.41) is 2.34. The summed E-state index contributed by atoms with van der Waals surface area (Å²) in [6, 6.07) is 7.51. The zero-order chi connectivity index (χ0) is 12.7. The van der Waals surface area contributed by atoms with Gasteiger partial charge in [-0.25, -0.2) is 0 Å². The summed E-state index contributed by atoms with van der Waals surface area (Å²) in [4.78, 5) is 21.7. The molecule has 0 aliphatic rings. The van der Waals surface area contributed by atoms with E-state index in [-0.39, 0.29) is 19.1 Å². The lowest BCUT2D eigenvalue weighted by Crippen LogP contribution is -2.36. The van der Waals surface area contributed by atoms with Gasteiger partial charge in [0.15, 0.2) is 6.61 Å². The molecule has 0 atom stereocenters. The SMILES string of the molecule is CCc1cccc(OCC(=O)NCC(N)=O)c1. The first-order chi connectivity index (χ1) is 8.11. The fourth-order valence-electron chi connectivity index (χ4n) is 1.24. The lowest BCUT2D eigenvalue weighted by molar-refractivity contribution is -0.126. The van der Waals surface area contributed by atoms with Crippen molar-refractivity contribution in [1.29, 1.82) is 0 Å². The van der Waals surface area contributed by atoms with E-state index in [2.05, 4.69) is 5.32 Å². The number of hydrogen-bond donors (Lipinski definition) is 2. The molecule has 92 valence electrons. The van der Waals surface area contributed by atoms with Crippen LogP contribution < -0.4 is 15.8 Å². The number of rotatable bonds is 6. The van der Waals surface area contributed by atoms with Crippen molar-refractivity contribution in [3.05, 3.63) is 29.8 Å². The third kappa shape index (κ3) is 5.01. The molecule has 0 aromatic heterocycles. The molecule has 5 heteroatoms. The minimum absolute atomic E-state index is 0.125. The second-order valence-electron chi connectivity index (χ2n) is 3.53. The molecule has 0 radical (unpaired) electrons. The maximum atomic E-state index is 11.2. The number of primary amides is 1. The second-order valence-corrected chi connectivity index (χ2v) is 3.53. The Labute approximate surface area is 99.9 Å². The Hall–Kier alpha value is -2.04. The van der Waals surface area contributed by atoms with Crippen LogP contribution in [0.1, 0.15) is 12.5 Å². The highest BCUT2D eigenvalue weighted by Gasteiger charge is 2.04. The molecule has 3 N–H and O–H groups in total. The Balaban J connectivity index is 2.39. The molecule has 0 aliphatic heterocycles. The number of nitrogens with one attached hydrogen (secondary N) is 1. The standard InChI is InChI=1S/C12H16N2O3/c1-2-9-4-3-5-10(6-9)17-8-12(16)14-7-11(13)15/h3-6H,2,7-8H2,1H3,(H2,13,15)(H,14,16). The smallest absolute Gasteiger partial charge is 0.258 e. The molecule has 0 bridgehead atoms. The van der Waals surface area contributed by atoms with Crippen LogP contribution in [0.3, 0.4) is 0 Å². The van der Waals surface area contributed by atoms with E-state index in [9.17, 15) is 9.59 Å². The van der Waals surface area contributed by atoms with E-state index in [4.69, 9.17) is 10.5 Å². The van der Waals surface area contributed by atoms with E-state index in [1.54, 1.807) is 6.07 Å². The van der Waals surface area contributed by atoms with Crippen molar-refractivity contribution >= 4 is 11.8 Å². The van der Waals surface area contributed by atoms with Gasteiger partial charge in [-0.3, -0.25) is 9.59 Å². The minimum atomic E-state index is -0.577. The maximum absolute atomic E-state index is 11.2. The van der Waals surface area contributed by atoms with E-state index in [1.165, 1.54) is 0 Å². The Bertz CT molecular complexity index is 404. The molecule has 0 spiro atoms. The van der Waals surface area contributed by atoms with Crippen LogP contribution in [0.15, 0.2) is 24.3 Å². The lowest BCUT2D eigenvalue weighted by atomic mass is 10.2. The molecule has 1 aromatic carbocycles. The number of amides is 2. The van der Waals surface area contributed by atoms with E-state index in [0.717, 1.165) is 12.0 Å². The van der Waals surface area contributed by atoms with Crippen LogP contribution in [-0.4, -0.2) is 25.0 Å². The van der Waals surface area contributed by atoms with E-state index in [1.807, 2.05) is 25.1 Å². The topological polar surface area (TPSA) is 81.4 Å². The van der Waals surface area contributed by atoms with E-state index in [0.29, 0.717) is 5.75 Å². The van der Waals surface area contributed by atoms with E-state index < -0.39 is 5.91 Å². The monoisotopic (exact) mass is 236 g/mol. The molecular weight excluding hydrogens is 220 g/mol. The lowest BCUT2D eigenvalue weighted by Gasteiger charge is -2.07. The molecule has 1 aromatic rings. The predicted molar refractivity (Wildman–Crippen MR) is 63.5 cm³/mol. The van der Waals surface area contributed by atoms with Gasteiger partial charge in [0.25, 0.3) is 5.91 Å². The average Bonchev–Trinajstić information content (AvgIpc) is 2.34. The number of benzene rings is 1. The van der Waals surface area contributed by atoms with Crippen molar-refractivity contribution in [3.63, 3.8) is 0 Å². The normalized spacial score (nSPS) is 9.71. The number of carbonyl (C=O) groups is 2. The Kier molecular flexibility index (Phi) is 5.00. The number of carbonyl (C=O) groups excluding carboxylic acids is 2. The first-order valence-corrected chi connectivity index (χ1v) is 5.38. The van der Waals surface area contributed by atoms with Gasteiger partial charge in [-0.05, 0) is 24.1 Å². The van der Waals surface area contributed by atoms with Crippen molar-refractivity contribution in [3.8, 4) is 5.75 Å². The summed E-state index contributed by atoms with van der Waals surface area (Å²) in [5.41, 5.74) is 6.03. The minimum Gasteiger partial charge on any atom is -0.484 e. The molecule has 0 heterocycles. The van der Waals surface area contributed by atoms with Gasteiger partial charge in [-0.2, -0.15) is 0 Å². The molecule has 0 unspecified atom stereocenters. The summed E-state index contributed by atoms with van der Waals surface area (Å²) in [5.74, 6) is -0.310. The molecule has 1 rings (SSSR count). The van der Waals surface area contributed by atoms with Crippen molar-refractivity contribution < 1.29 is 14.3 Å². The quantitative estimate of drug-likeness (QED) is 0.741. The molecular formula is C12H16N2O3. The van der Waals surface area contributed by atoms with Crippen LogP contribution in [0.5, 0.6) is 5.75 Å². The van der Waals surface area contributed by atoms with Gasteiger partial charge in [0, 0.05) is 0 Å². The zero-order valence-corrected chi connectivity index (χ0v) is 9.73. The molecule has 5 nitrogen and oxygen atoms in total. The first kappa shape index (κ1) is 13.0. The molecule has 0 aliphatic carbocycles. The van der Waals surface area contributed by atoms with Crippen molar-refractivity contribution in [2.75, 3.05) is 13.2 Å². The largest absolute Gasteiger partial charge is 0.484 e. The van der Waals surface area contributed by atoms with Crippen LogP contribution in [0, 0.1) is 0 Å². The summed E-state index contributed by atoms with van der Waals surface area (Å²) in [6.07, 6.45) is 0.908. The third-order valence-corrected chi connectivity index (χ3v) is 2.14. The van der Waals surface area contributed by atoms with Crippen LogP contribution >= 0.6 is 0 Å². The number of hydrogen-bond acceptors (Lipinski definition) is 3. The van der Waals surface area contributed by atoms with E-state index >= 15 is 0 Å². The number of aryl methyl sites for hydroxylation is 1. The Morgan fingerprint density at radius 3 is 2.82 bits per heavy atom. The molecule has 2 amide bonds. The van der Waals surface area contributed by atoms with Crippen LogP contribution in [-0.2, 0) is 16.0 Å². The highest BCUT2D eigenvalue weighted by Crippen LogP contribution is 2.13. The predicted octanol–water partition coefficient (Wildman–Crippen LogP) is 0.229. The van der Waals surface area contributed by atoms with Crippen molar-refractivity contribution in [2.45, 2.75) is 13.3 Å². The second kappa shape index (κ2) is 6.52. The third-order valence-electron chi connectivity index (χ3n) is 2.14. The number of nitrogens with two attached hydrogens (primary N) is 1. The van der Waals surface area contributed by atoms with Gasteiger partial charge in [0.2, 0.25) is 5.91 Å². The average molecular weight is 236 g/mol. The summed E-state index contributed by atoms with van der Waals surface area (Å²) >= 11 is 0. The van der Waals surface area contributed by atoms with Gasteiger partial charge in [0.1, 0.15) is 5.75 Å². The number of ether oxygens (including phenoxy) is 1. The first-order valence-electron chi connectivity index (χ1n) is 5.38. The summed E-state index contributed by atoms with van der Waals surface area (Å²) in [6.45, 7) is 1.75. The van der Waals surface area contributed by atoms with Crippen LogP contribution in [0.25, 0.3) is 0 Å². The molecule has 0 fully saturated rings. The van der Waals surface area contributed by atoms with Gasteiger partial charge >= 0.3 is 0 Å². The fourth-order valence-corrected chi connectivity index (χ4v) is 1.24. The van der Waals surface area contributed by atoms with Gasteiger partial charge in [-0.15, -0.1) is 0 Å². The van der Waals surface area contributed by atoms with Gasteiger partial charge in [0.05, 0.1) is 6.54 Å². The van der Waals surface area contributed by atoms with Gasteiger partial charge in [-0.1, -0.05) is 19.1 Å². The molecule has 17 heavy (non-hydrogen) atoms. The van der Waals surface area contributed by atoms with Crippen molar-refractivity contribution in [2.24, 2.45) is 5.73 Å². The molecule has 0 saturated carbocycles. The Morgan fingerprint density at radius 1 is 1.41 bits per heavy atom. The molecule has 0 saturated heterocycles. The summed E-state index contributed by atoms with van der Waals surface area (Å²) in [7, 11) is 0.